The summed E-state index contributed by atoms with van der Waals surface area (Å²) in [6.45, 7) is -3.76. The van der Waals surface area contributed by atoms with Crippen molar-refractivity contribution in [1.82, 2.24) is 19.7 Å². The van der Waals surface area contributed by atoms with Crippen LogP contribution in [-0.4, -0.2) is 70.6 Å². The molecule has 0 aliphatic rings. The summed E-state index contributed by atoms with van der Waals surface area (Å²) in [6, 6.07) is 6.20. The quantitative estimate of drug-likeness (QED) is 0.164. The zero-order chi connectivity index (χ0) is 31.6. The third-order valence-electron chi connectivity index (χ3n) is 3.83. The summed E-state index contributed by atoms with van der Waals surface area (Å²) < 4.78 is 92.6. The average Bonchev–Trinajstić information content (AvgIpc) is 2.94. The number of nitrogens with one attached hydrogen (secondary N) is 1. The van der Waals surface area contributed by atoms with E-state index < -0.39 is 57.9 Å². The van der Waals surface area contributed by atoms with Crippen molar-refractivity contribution in [3.63, 3.8) is 0 Å². The fraction of sp³-hybridized carbons (Fsp3) is 0.286. The highest BCUT2D eigenvalue weighted by Gasteiger charge is 2.20. The molecule has 0 spiro atoms. The topological polar surface area (TPSA) is 171 Å². The summed E-state index contributed by atoms with van der Waals surface area (Å²) >= 11 is 16.3. The maximum Gasteiger partial charge on any atom is 0.262 e. The molecule has 3 aromatic heterocycles. The van der Waals surface area contributed by atoms with E-state index in [1.165, 1.54) is 30.5 Å². The van der Waals surface area contributed by atoms with Crippen LogP contribution < -0.4 is 16.2 Å². The fourth-order valence-corrected chi connectivity index (χ4v) is 4.01. The summed E-state index contributed by atoms with van der Waals surface area (Å²) in [7, 11) is -2.62. The number of rotatable bonds is 8. The molecule has 0 bridgehead atoms. The normalized spacial score (nSPS) is 10.7. The molecular weight excluding hydrogens is 718 g/mol. The zero-order valence-electron chi connectivity index (χ0n) is 21.1. The number of nitrogens with zero attached hydrogens (tertiary/aromatic N) is 3. The van der Waals surface area contributed by atoms with Crippen molar-refractivity contribution in [3.05, 3.63) is 70.4 Å². The lowest BCUT2D eigenvalue weighted by Crippen LogP contribution is -2.37. The maximum absolute atomic E-state index is 12.2. The molecule has 10 nitrogen and oxygen atoms in total. The number of nitrogens with two attached hydrogens (primary N) is 2. The number of pyridine rings is 3. The second-order valence-electron chi connectivity index (χ2n) is 7.18. The first-order chi connectivity index (χ1) is 19.1. The Morgan fingerprint density at radius 3 is 1.38 bits per heavy atom. The molecule has 0 unspecified atom stereocenters. The number of sulfonamides is 1. The van der Waals surface area contributed by atoms with E-state index >= 15 is 0 Å². The van der Waals surface area contributed by atoms with Gasteiger partial charge in [0, 0.05) is 23.1 Å². The average molecular weight is 743 g/mol. The number of nitrogen functional groups attached to an aromatic ring is 1. The smallest absolute Gasteiger partial charge is 0.262 e. The molecule has 0 aromatic carbocycles. The number of halogens is 9. The number of hydrogen-bond acceptors (Lipinski definition) is 9. The molecule has 3 rings (SSSR count). The Morgan fingerprint density at radius 2 is 1.12 bits per heavy atom. The van der Waals surface area contributed by atoms with Crippen molar-refractivity contribution in [1.29, 1.82) is 0 Å². The van der Waals surface area contributed by atoms with Gasteiger partial charge in [0.15, 0.2) is 0 Å². The number of hydrogen-bond donors (Lipinski definition) is 3. The molecule has 3 aromatic rings. The minimum absolute atomic E-state index is 0. The molecule has 0 saturated heterocycles. The fourth-order valence-electron chi connectivity index (χ4n) is 1.85. The number of aromatic nitrogens is 3. The van der Waals surface area contributed by atoms with Crippen molar-refractivity contribution in [2.75, 3.05) is 32.4 Å². The van der Waals surface area contributed by atoms with Crippen LogP contribution >= 0.6 is 57.9 Å². The first kappa shape index (κ1) is 42.4. The van der Waals surface area contributed by atoms with Gasteiger partial charge in [-0.15, -0.1) is 12.4 Å². The summed E-state index contributed by atoms with van der Waals surface area (Å²) in [6.07, 6.45) is 3.63. The minimum Gasteiger partial charge on any atom is -0.397 e. The predicted molar refractivity (Wildman–Crippen MR) is 158 cm³/mol. The second-order valence-corrected chi connectivity index (χ2v) is 12.6. The maximum atomic E-state index is 12.2. The SMILES string of the molecule is Cl.NC(CF)CF.Nc1ccc(Cl)nc1.O=S(=O)(Cl)c1ccc(Cl)nc1.O=S(=O)(NC(CF)CF)c1ccc(Cl)nc1. The summed E-state index contributed by atoms with van der Waals surface area (Å²) in [5, 5.41) is 0.833. The Hall–Kier alpha value is -1.76. The lowest BCUT2D eigenvalue weighted by atomic mass is 10.4. The molecule has 0 aliphatic heterocycles. The van der Waals surface area contributed by atoms with Gasteiger partial charge in [-0.3, -0.25) is 0 Å². The molecule has 238 valence electrons. The van der Waals surface area contributed by atoms with E-state index in [9.17, 15) is 34.4 Å². The molecule has 0 fully saturated rings. The third kappa shape index (κ3) is 18.7. The van der Waals surface area contributed by atoms with Gasteiger partial charge in [-0.05, 0) is 36.4 Å². The highest BCUT2D eigenvalue weighted by atomic mass is 35.7. The zero-order valence-corrected chi connectivity index (χ0v) is 26.5. The third-order valence-corrected chi connectivity index (χ3v) is 7.35. The highest BCUT2D eigenvalue weighted by molar-refractivity contribution is 8.13. The Morgan fingerprint density at radius 1 is 0.714 bits per heavy atom. The summed E-state index contributed by atoms with van der Waals surface area (Å²) in [5.74, 6) is 0. The van der Waals surface area contributed by atoms with E-state index in [-0.39, 0.29) is 32.5 Å². The molecule has 0 radical (unpaired) electrons. The van der Waals surface area contributed by atoms with Crippen LogP contribution in [0.4, 0.5) is 23.2 Å². The van der Waals surface area contributed by atoms with E-state index in [0.29, 0.717) is 10.8 Å². The molecule has 21 heteroatoms. The van der Waals surface area contributed by atoms with Crippen LogP contribution in [0.3, 0.4) is 0 Å². The van der Waals surface area contributed by atoms with Crippen molar-refractivity contribution in [2.24, 2.45) is 5.73 Å². The van der Waals surface area contributed by atoms with Crippen molar-refractivity contribution in [3.8, 4) is 0 Å². The van der Waals surface area contributed by atoms with E-state index in [0.717, 1.165) is 12.4 Å². The van der Waals surface area contributed by atoms with E-state index in [2.05, 4.69) is 15.0 Å². The van der Waals surface area contributed by atoms with Gasteiger partial charge in [-0.2, -0.15) is 0 Å². The summed E-state index contributed by atoms with van der Waals surface area (Å²) in [5.41, 5.74) is 10.7. The molecule has 0 aliphatic carbocycles. The molecule has 0 atom stereocenters. The number of anilines is 1. The first-order valence-corrected chi connectivity index (χ1v) is 15.6. The largest absolute Gasteiger partial charge is 0.397 e. The van der Waals surface area contributed by atoms with Crippen LogP contribution in [0.25, 0.3) is 0 Å². The van der Waals surface area contributed by atoms with Crippen LogP contribution in [0.2, 0.25) is 15.5 Å². The second kappa shape index (κ2) is 21.9. The standard InChI is InChI=1S/C8H9ClF2N2O2S.C5H3Cl2NO2S.C5H5ClN2.C3H7F2N.ClH/c9-8-2-1-7(5-12-8)16(14,15)13-6(3-10)4-11;6-5-2-1-4(3-8-5)11(7,9)10;6-5-2-1-4(7)3-8-5;4-1-3(6)2-5;/h1-2,5-6,13H,3-4H2;1-3H;1-3H,7H2;3H,1-2,6H2;1H. The van der Waals surface area contributed by atoms with E-state index in [1.54, 1.807) is 12.1 Å². The van der Waals surface area contributed by atoms with Gasteiger partial charge in [-0.25, -0.2) is 54.1 Å². The Bertz CT molecular complexity index is 1340. The van der Waals surface area contributed by atoms with Gasteiger partial charge in [-0.1, -0.05) is 34.8 Å². The van der Waals surface area contributed by atoms with Crippen molar-refractivity contribution in [2.45, 2.75) is 21.9 Å². The molecular formula is C21H25Cl5F4N6O4S2. The van der Waals surface area contributed by atoms with Crippen LogP contribution in [-0.2, 0) is 19.1 Å². The Labute approximate surface area is 266 Å². The molecule has 5 N–H and O–H groups in total. The monoisotopic (exact) mass is 740 g/mol. The van der Waals surface area contributed by atoms with E-state index in [4.69, 9.17) is 57.0 Å². The predicted octanol–water partition coefficient (Wildman–Crippen LogP) is 4.98. The van der Waals surface area contributed by atoms with Crippen LogP contribution in [0.15, 0.2) is 64.8 Å². The van der Waals surface area contributed by atoms with Gasteiger partial charge >= 0.3 is 0 Å². The van der Waals surface area contributed by atoms with Gasteiger partial charge in [0.1, 0.15) is 51.9 Å². The number of alkyl halides is 4. The summed E-state index contributed by atoms with van der Waals surface area (Å²) in [4.78, 5) is 10.6. The molecule has 0 saturated carbocycles. The molecule has 0 amide bonds. The molecule has 3 heterocycles. The minimum atomic E-state index is -3.95. The Kier molecular flexibility index (Phi) is 22.0. The van der Waals surface area contributed by atoms with Gasteiger partial charge < -0.3 is 11.5 Å². The van der Waals surface area contributed by atoms with Gasteiger partial charge in [0.25, 0.3) is 9.05 Å². The highest BCUT2D eigenvalue weighted by Crippen LogP contribution is 2.15. The Balaban J connectivity index is 0. The van der Waals surface area contributed by atoms with Crippen molar-refractivity contribution < 1.29 is 34.4 Å². The van der Waals surface area contributed by atoms with Crippen LogP contribution in [0.5, 0.6) is 0 Å². The van der Waals surface area contributed by atoms with Crippen LogP contribution in [0, 0.1) is 0 Å². The first-order valence-electron chi connectivity index (χ1n) is 10.7. The lowest BCUT2D eigenvalue weighted by Gasteiger charge is -2.11. The van der Waals surface area contributed by atoms with Crippen molar-refractivity contribution >= 4 is 82.7 Å². The van der Waals surface area contributed by atoms with Gasteiger partial charge in [0.05, 0.1) is 24.0 Å². The van der Waals surface area contributed by atoms with E-state index in [1.807, 2.05) is 4.72 Å². The molecule has 42 heavy (non-hydrogen) atoms. The van der Waals surface area contributed by atoms with Gasteiger partial charge in [0.2, 0.25) is 10.0 Å². The van der Waals surface area contributed by atoms with Crippen LogP contribution in [0.1, 0.15) is 0 Å². The lowest BCUT2D eigenvalue weighted by molar-refractivity contribution is 0.334.